The van der Waals surface area contributed by atoms with Gasteiger partial charge in [-0.25, -0.2) is 4.68 Å². The number of aromatic nitrogens is 3. The largest absolute Gasteiger partial charge is 0.329 e. The summed E-state index contributed by atoms with van der Waals surface area (Å²) < 4.78 is 1.65. The van der Waals surface area contributed by atoms with Gasteiger partial charge < -0.3 is 15.5 Å². The van der Waals surface area contributed by atoms with E-state index in [1.54, 1.807) is 41.2 Å². The topological polar surface area (TPSA) is 92.2 Å². The van der Waals surface area contributed by atoms with Crippen molar-refractivity contribution in [3.8, 4) is 5.69 Å². The summed E-state index contributed by atoms with van der Waals surface area (Å²) in [5.74, 6) is 0.127. The molecule has 1 fully saturated rings. The Balaban J connectivity index is 1.66. The number of rotatable bonds is 4. The summed E-state index contributed by atoms with van der Waals surface area (Å²) in [7, 11) is 0. The number of hydrogen-bond acceptors (Lipinski definition) is 5. The molecule has 1 atom stereocenters. The summed E-state index contributed by atoms with van der Waals surface area (Å²) in [6.07, 6.45) is 5.10. The van der Waals surface area contributed by atoms with Crippen LogP contribution in [-0.4, -0.2) is 57.2 Å². The molecular weight excluding hydrogens is 296 g/mol. The lowest BCUT2D eigenvalue weighted by Crippen LogP contribution is -2.54. The highest BCUT2D eigenvalue weighted by molar-refractivity contribution is 5.96. The van der Waals surface area contributed by atoms with E-state index >= 15 is 0 Å². The number of nitrogens with one attached hydrogen (secondary N) is 2. The molecule has 2 aromatic rings. The Morgan fingerprint density at radius 3 is 2.87 bits per heavy atom. The van der Waals surface area contributed by atoms with Gasteiger partial charge in [-0.2, -0.15) is 5.10 Å². The highest BCUT2D eigenvalue weighted by Crippen LogP contribution is 2.11. The zero-order chi connectivity index (χ0) is 16.2. The van der Waals surface area contributed by atoms with Gasteiger partial charge >= 0.3 is 0 Å². The Morgan fingerprint density at radius 1 is 1.35 bits per heavy atom. The number of anilines is 1. The van der Waals surface area contributed by atoms with Gasteiger partial charge in [-0.15, -0.1) is 0 Å². The van der Waals surface area contributed by atoms with Crippen LogP contribution in [0.1, 0.15) is 6.92 Å². The van der Waals surface area contributed by atoms with Crippen molar-refractivity contribution in [1.82, 2.24) is 25.0 Å². The first-order chi connectivity index (χ1) is 11.1. The van der Waals surface area contributed by atoms with E-state index in [1.807, 2.05) is 12.1 Å². The van der Waals surface area contributed by atoms with Crippen LogP contribution in [0.15, 0.2) is 36.8 Å². The van der Waals surface area contributed by atoms with E-state index in [9.17, 15) is 9.59 Å². The highest BCUT2D eigenvalue weighted by Gasteiger charge is 2.27. The van der Waals surface area contributed by atoms with E-state index in [0.29, 0.717) is 18.9 Å². The van der Waals surface area contributed by atoms with Crippen LogP contribution in [-0.2, 0) is 9.59 Å². The number of carbonyl (C=O) groups is 2. The summed E-state index contributed by atoms with van der Waals surface area (Å²) in [5, 5.41) is 10.0. The van der Waals surface area contributed by atoms with Crippen LogP contribution in [0.2, 0.25) is 0 Å². The SMILES string of the molecule is CC(C(=O)Nc1ccn(-c2ccncc2)n1)N1CCNCC1=O. The third-order valence-electron chi connectivity index (χ3n) is 3.74. The second kappa shape index (κ2) is 6.57. The summed E-state index contributed by atoms with van der Waals surface area (Å²) >= 11 is 0. The monoisotopic (exact) mass is 314 g/mol. The average Bonchev–Trinajstić information content (AvgIpc) is 3.04. The van der Waals surface area contributed by atoms with Crippen molar-refractivity contribution in [2.24, 2.45) is 0 Å². The third-order valence-corrected chi connectivity index (χ3v) is 3.74. The molecular formula is C15H18N6O2. The van der Waals surface area contributed by atoms with Crippen molar-refractivity contribution < 1.29 is 9.59 Å². The van der Waals surface area contributed by atoms with Crippen molar-refractivity contribution in [3.05, 3.63) is 36.8 Å². The molecule has 0 bridgehead atoms. The maximum absolute atomic E-state index is 12.3. The van der Waals surface area contributed by atoms with E-state index < -0.39 is 6.04 Å². The first-order valence-electron chi connectivity index (χ1n) is 7.42. The summed E-state index contributed by atoms with van der Waals surface area (Å²) in [4.78, 5) is 29.7. The van der Waals surface area contributed by atoms with Crippen LogP contribution in [0.4, 0.5) is 5.82 Å². The number of nitrogens with zero attached hydrogens (tertiary/aromatic N) is 4. The van der Waals surface area contributed by atoms with Crippen molar-refractivity contribution in [1.29, 1.82) is 0 Å². The fraction of sp³-hybridized carbons (Fsp3) is 0.333. The van der Waals surface area contributed by atoms with Gasteiger partial charge in [0.1, 0.15) is 6.04 Å². The summed E-state index contributed by atoms with van der Waals surface area (Å²) in [5.41, 5.74) is 0.853. The molecule has 1 saturated heterocycles. The zero-order valence-corrected chi connectivity index (χ0v) is 12.8. The third kappa shape index (κ3) is 3.37. The molecule has 1 aliphatic rings. The van der Waals surface area contributed by atoms with Gasteiger partial charge in [0.25, 0.3) is 0 Å². The number of hydrogen-bond donors (Lipinski definition) is 2. The van der Waals surface area contributed by atoms with Gasteiger partial charge in [0.05, 0.1) is 12.2 Å². The van der Waals surface area contributed by atoms with Crippen LogP contribution in [0, 0.1) is 0 Å². The minimum Gasteiger partial charge on any atom is -0.329 e. The standard InChI is InChI=1S/C15H18N6O2/c1-11(20-9-7-17-10-14(20)22)15(23)18-13-4-8-21(19-13)12-2-5-16-6-3-12/h2-6,8,11,17H,7,9-10H2,1H3,(H,18,19,23). The Hall–Kier alpha value is -2.74. The molecule has 0 spiro atoms. The van der Waals surface area contributed by atoms with E-state index in [2.05, 4.69) is 20.7 Å². The Labute approximate surface area is 133 Å². The second-order valence-corrected chi connectivity index (χ2v) is 5.28. The molecule has 3 rings (SSSR count). The Kier molecular flexibility index (Phi) is 4.33. The van der Waals surface area contributed by atoms with Gasteiger partial charge in [-0.05, 0) is 19.1 Å². The van der Waals surface area contributed by atoms with E-state index in [0.717, 1.165) is 5.69 Å². The van der Waals surface area contributed by atoms with E-state index in [-0.39, 0.29) is 18.4 Å². The molecule has 2 amide bonds. The number of amides is 2. The van der Waals surface area contributed by atoms with Crippen LogP contribution in [0.3, 0.4) is 0 Å². The molecule has 1 unspecified atom stereocenters. The van der Waals surface area contributed by atoms with Gasteiger partial charge in [0.15, 0.2) is 5.82 Å². The zero-order valence-electron chi connectivity index (χ0n) is 12.8. The van der Waals surface area contributed by atoms with Crippen molar-refractivity contribution in [2.45, 2.75) is 13.0 Å². The smallest absolute Gasteiger partial charge is 0.248 e. The maximum atomic E-state index is 12.3. The number of piperazine rings is 1. The molecule has 2 N–H and O–H groups in total. The maximum Gasteiger partial charge on any atom is 0.248 e. The lowest BCUT2D eigenvalue weighted by molar-refractivity contribution is -0.138. The average molecular weight is 314 g/mol. The fourth-order valence-electron chi connectivity index (χ4n) is 2.43. The van der Waals surface area contributed by atoms with Crippen LogP contribution in [0.5, 0.6) is 0 Å². The van der Waals surface area contributed by atoms with Gasteiger partial charge in [-0.3, -0.25) is 14.6 Å². The summed E-state index contributed by atoms with van der Waals surface area (Å²) in [6, 6.07) is 4.82. The normalized spacial score (nSPS) is 16.2. The van der Waals surface area contributed by atoms with Crippen molar-refractivity contribution in [2.75, 3.05) is 25.0 Å². The summed E-state index contributed by atoms with van der Waals surface area (Å²) in [6.45, 7) is 3.21. The van der Waals surface area contributed by atoms with Gasteiger partial charge in [0, 0.05) is 37.7 Å². The quantitative estimate of drug-likeness (QED) is 0.830. The molecule has 2 aromatic heterocycles. The molecule has 8 nitrogen and oxygen atoms in total. The fourth-order valence-corrected chi connectivity index (χ4v) is 2.43. The lowest BCUT2D eigenvalue weighted by Gasteiger charge is -2.31. The molecule has 8 heteroatoms. The minimum atomic E-state index is -0.532. The number of carbonyl (C=O) groups excluding carboxylic acids is 2. The molecule has 3 heterocycles. The van der Waals surface area contributed by atoms with Crippen LogP contribution in [0.25, 0.3) is 5.69 Å². The van der Waals surface area contributed by atoms with Crippen molar-refractivity contribution in [3.63, 3.8) is 0 Å². The van der Waals surface area contributed by atoms with Crippen molar-refractivity contribution >= 4 is 17.6 Å². The molecule has 0 aliphatic carbocycles. The highest BCUT2D eigenvalue weighted by atomic mass is 16.2. The molecule has 0 aromatic carbocycles. The minimum absolute atomic E-state index is 0.0683. The van der Waals surface area contributed by atoms with Crippen LogP contribution < -0.4 is 10.6 Å². The number of pyridine rings is 1. The predicted octanol–water partition coefficient (Wildman–Crippen LogP) is 0.0261. The van der Waals surface area contributed by atoms with Gasteiger partial charge in [-0.1, -0.05) is 0 Å². The second-order valence-electron chi connectivity index (χ2n) is 5.28. The molecule has 0 saturated carbocycles. The first kappa shape index (κ1) is 15.2. The van der Waals surface area contributed by atoms with Crippen LogP contribution >= 0.6 is 0 Å². The molecule has 1 aliphatic heterocycles. The predicted molar refractivity (Wildman–Crippen MR) is 84.0 cm³/mol. The van der Waals surface area contributed by atoms with E-state index in [4.69, 9.17) is 0 Å². The Bertz CT molecular complexity index is 699. The van der Waals surface area contributed by atoms with Gasteiger partial charge in [0.2, 0.25) is 11.8 Å². The molecule has 0 radical (unpaired) electrons. The van der Waals surface area contributed by atoms with E-state index in [1.165, 1.54) is 0 Å². The lowest BCUT2D eigenvalue weighted by atomic mass is 10.2. The molecule has 120 valence electrons. The first-order valence-corrected chi connectivity index (χ1v) is 7.42. The molecule has 23 heavy (non-hydrogen) atoms. The Morgan fingerprint density at radius 2 is 2.13 bits per heavy atom.